The molecule has 0 aromatic rings. The molecule has 0 spiro atoms. The molecule has 0 rings (SSSR count). The zero-order chi connectivity index (χ0) is 12.6. The van der Waals surface area contributed by atoms with Crippen molar-refractivity contribution < 1.29 is 22.7 Å². The van der Waals surface area contributed by atoms with Crippen molar-refractivity contribution in [2.45, 2.75) is 13.3 Å². The van der Waals surface area contributed by atoms with Crippen molar-refractivity contribution in [1.82, 2.24) is 4.31 Å². The molecule has 0 saturated carbocycles. The summed E-state index contributed by atoms with van der Waals surface area (Å²) in [6.07, 6.45) is 0.0550. The Hall–Kier alpha value is -0.660. The second kappa shape index (κ2) is 7.59. The van der Waals surface area contributed by atoms with Gasteiger partial charge in [0.2, 0.25) is 10.0 Å². The lowest BCUT2D eigenvalue weighted by atomic mass is 10.4. The van der Waals surface area contributed by atoms with Gasteiger partial charge in [0.25, 0.3) is 0 Å². The number of methoxy groups -OCH3 is 2. The van der Waals surface area contributed by atoms with E-state index in [-0.39, 0.29) is 25.3 Å². The summed E-state index contributed by atoms with van der Waals surface area (Å²) in [5.41, 5.74) is 0. The average molecular weight is 253 g/mol. The van der Waals surface area contributed by atoms with Gasteiger partial charge >= 0.3 is 5.97 Å². The van der Waals surface area contributed by atoms with Crippen LogP contribution in [0.1, 0.15) is 13.3 Å². The number of nitrogens with zero attached hydrogens (tertiary/aromatic N) is 1. The first-order valence-electron chi connectivity index (χ1n) is 5.01. The Labute approximate surface area is 96.6 Å². The van der Waals surface area contributed by atoms with E-state index in [0.717, 1.165) is 0 Å². The largest absolute Gasteiger partial charge is 0.469 e. The summed E-state index contributed by atoms with van der Waals surface area (Å²) in [5.74, 6) is -0.411. The van der Waals surface area contributed by atoms with Crippen molar-refractivity contribution in [3.8, 4) is 0 Å². The minimum absolute atomic E-state index is 0.0118. The van der Waals surface area contributed by atoms with E-state index in [2.05, 4.69) is 4.74 Å². The highest BCUT2D eigenvalue weighted by molar-refractivity contribution is 7.89. The molecular formula is C9H19NO5S. The minimum atomic E-state index is -3.29. The van der Waals surface area contributed by atoms with Crippen molar-refractivity contribution in [2.75, 3.05) is 39.7 Å². The Morgan fingerprint density at radius 3 is 2.31 bits per heavy atom. The fraction of sp³-hybridized carbons (Fsp3) is 0.889. The first-order chi connectivity index (χ1) is 7.47. The van der Waals surface area contributed by atoms with Gasteiger partial charge in [-0.05, 0) is 6.92 Å². The molecule has 0 N–H and O–H groups in total. The molecule has 0 amide bonds. The Morgan fingerprint density at radius 2 is 1.88 bits per heavy atom. The summed E-state index contributed by atoms with van der Waals surface area (Å²) >= 11 is 0. The van der Waals surface area contributed by atoms with Gasteiger partial charge in [-0.2, -0.15) is 4.31 Å². The van der Waals surface area contributed by atoms with Crippen molar-refractivity contribution in [3.63, 3.8) is 0 Å². The van der Waals surface area contributed by atoms with Gasteiger partial charge < -0.3 is 9.47 Å². The maximum Gasteiger partial charge on any atom is 0.306 e. The fourth-order valence-electron chi connectivity index (χ4n) is 1.08. The molecule has 0 aromatic carbocycles. The topological polar surface area (TPSA) is 72.9 Å². The number of carbonyl (C=O) groups is 1. The number of hydrogen-bond acceptors (Lipinski definition) is 5. The van der Waals surface area contributed by atoms with Crippen LogP contribution >= 0.6 is 0 Å². The molecule has 6 nitrogen and oxygen atoms in total. The molecule has 0 unspecified atom stereocenters. The van der Waals surface area contributed by atoms with Crippen LogP contribution in [-0.4, -0.2) is 58.4 Å². The molecule has 0 heterocycles. The monoisotopic (exact) mass is 253 g/mol. The van der Waals surface area contributed by atoms with E-state index in [4.69, 9.17) is 4.74 Å². The van der Waals surface area contributed by atoms with Gasteiger partial charge in [0, 0.05) is 20.2 Å². The second-order valence-corrected chi connectivity index (χ2v) is 5.38. The van der Waals surface area contributed by atoms with Crippen molar-refractivity contribution in [3.05, 3.63) is 0 Å². The van der Waals surface area contributed by atoms with E-state index in [0.29, 0.717) is 6.61 Å². The van der Waals surface area contributed by atoms with E-state index < -0.39 is 16.0 Å². The van der Waals surface area contributed by atoms with Crippen LogP contribution in [0.3, 0.4) is 0 Å². The molecule has 0 saturated heterocycles. The molecule has 0 bridgehead atoms. The van der Waals surface area contributed by atoms with Crippen molar-refractivity contribution >= 4 is 16.0 Å². The third-order valence-electron chi connectivity index (χ3n) is 2.10. The second-order valence-electron chi connectivity index (χ2n) is 3.12. The van der Waals surface area contributed by atoms with Crippen LogP contribution in [0.5, 0.6) is 0 Å². The molecule has 7 heteroatoms. The van der Waals surface area contributed by atoms with Crippen LogP contribution in [0.25, 0.3) is 0 Å². The molecule has 0 aromatic heterocycles. The molecule has 0 aliphatic carbocycles. The summed E-state index contributed by atoms with van der Waals surface area (Å²) in [6, 6.07) is 0. The van der Waals surface area contributed by atoms with Crippen LogP contribution < -0.4 is 0 Å². The van der Waals surface area contributed by atoms with Gasteiger partial charge in [-0.15, -0.1) is 0 Å². The van der Waals surface area contributed by atoms with Crippen molar-refractivity contribution in [2.24, 2.45) is 0 Å². The quantitative estimate of drug-likeness (QED) is 0.562. The third-order valence-corrected chi connectivity index (χ3v) is 3.98. The molecular weight excluding hydrogens is 234 g/mol. The molecule has 0 fully saturated rings. The molecule has 96 valence electrons. The third kappa shape index (κ3) is 5.43. The summed E-state index contributed by atoms with van der Waals surface area (Å²) in [6.45, 7) is 2.25. The molecule has 16 heavy (non-hydrogen) atoms. The molecule has 0 aliphatic heterocycles. The maximum atomic E-state index is 11.6. The van der Waals surface area contributed by atoms with Gasteiger partial charge in [0.05, 0.1) is 25.9 Å². The predicted molar refractivity (Wildman–Crippen MR) is 59.5 cm³/mol. The van der Waals surface area contributed by atoms with E-state index >= 15 is 0 Å². The van der Waals surface area contributed by atoms with E-state index in [9.17, 15) is 13.2 Å². The standard InChI is InChI=1S/C9H19NO5S/c1-4-16(12,13)10(7-8-14-2)6-5-9(11)15-3/h4-8H2,1-3H3. The summed E-state index contributed by atoms with van der Waals surface area (Å²) < 4.78 is 33.8. The summed E-state index contributed by atoms with van der Waals surface area (Å²) in [7, 11) is -0.520. The number of hydrogen-bond donors (Lipinski definition) is 0. The molecule has 0 radical (unpaired) electrons. The van der Waals surface area contributed by atoms with Crippen molar-refractivity contribution in [1.29, 1.82) is 0 Å². The van der Waals surface area contributed by atoms with E-state index in [1.54, 1.807) is 6.92 Å². The van der Waals surface area contributed by atoms with Crippen LogP contribution in [0.15, 0.2) is 0 Å². The normalized spacial score (nSPS) is 11.8. The van der Waals surface area contributed by atoms with E-state index in [1.165, 1.54) is 18.5 Å². The van der Waals surface area contributed by atoms with Crippen LogP contribution in [0.2, 0.25) is 0 Å². The number of esters is 1. The number of carbonyl (C=O) groups excluding carboxylic acids is 1. The lowest BCUT2D eigenvalue weighted by Crippen LogP contribution is -2.36. The number of ether oxygens (including phenoxy) is 2. The lowest BCUT2D eigenvalue weighted by molar-refractivity contribution is -0.140. The van der Waals surface area contributed by atoms with Gasteiger partial charge in [-0.3, -0.25) is 4.79 Å². The zero-order valence-corrected chi connectivity index (χ0v) is 10.7. The Balaban J connectivity index is 4.38. The van der Waals surface area contributed by atoms with Crippen LogP contribution in [0, 0.1) is 0 Å². The highest BCUT2D eigenvalue weighted by Crippen LogP contribution is 2.03. The first-order valence-corrected chi connectivity index (χ1v) is 6.62. The van der Waals surface area contributed by atoms with Crippen LogP contribution in [0.4, 0.5) is 0 Å². The smallest absolute Gasteiger partial charge is 0.306 e. The highest BCUT2D eigenvalue weighted by Gasteiger charge is 2.20. The maximum absolute atomic E-state index is 11.6. The fourth-order valence-corrected chi connectivity index (χ4v) is 2.17. The molecule has 0 atom stereocenters. The minimum Gasteiger partial charge on any atom is -0.469 e. The predicted octanol–water partition coefficient (Wildman–Crippen LogP) is -0.152. The van der Waals surface area contributed by atoms with Crippen LogP contribution in [-0.2, 0) is 24.3 Å². The van der Waals surface area contributed by atoms with Gasteiger partial charge in [-0.25, -0.2) is 8.42 Å². The Morgan fingerprint density at radius 1 is 1.25 bits per heavy atom. The van der Waals surface area contributed by atoms with Gasteiger partial charge in [0.1, 0.15) is 0 Å². The van der Waals surface area contributed by atoms with Gasteiger partial charge in [-0.1, -0.05) is 0 Å². The molecule has 0 aliphatic rings. The first kappa shape index (κ1) is 15.3. The highest BCUT2D eigenvalue weighted by atomic mass is 32.2. The van der Waals surface area contributed by atoms with E-state index in [1.807, 2.05) is 0 Å². The SMILES string of the molecule is CCS(=O)(=O)N(CCOC)CCC(=O)OC. The summed E-state index contributed by atoms with van der Waals surface area (Å²) in [4.78, 5) is 10.9. The Bertz CT molecular complexity index is 301. The number of rotatable bonds is 8. The van der Waals surface area contributed by atoms with Gasteiger partial charge in [0.15, 0.2) is 0 Å². The average Bonchev–Trinajstić information content (AvgIpc) is 2.28. The zero-order valence-electron chi connectivity index (χ0n) is 9.93. The summed E-state index contributed by atoms with van der Waals surface area (Å²) in [5, 5.41) is 0. The number of sulfonamides is 1. The Kier molecular flexibility index (Phi) is 7.27. The lowest BCUT2D eigenvalue weighted by Gasteiger charge is -2.20.